The minimum Gasteiger partial charge on any atom is -0.490 e. The molecule has 0 aliphatic rings. The van der Waals surface area contributed by atoms with Gasteiger partial charge in [-0.1, -0.05) is 35.9 Å². The average Bonchev–Trinajstić information content (AvgIpc) is 2.91. The quantitative estimate of drug-likeness (QED) is 0.167. The standard InChI is InChI=1S/C29H25ClF3N3O5/c1-4-39-24-13-18(12-22(30)26(24)40-16-25(37)41-17(2)3)15-34-36-27(19-8-7-9-20(14-19)29(31,32)33)35-23-11-6-5-10-21(23)28(36)38/h5-15,17H,4,16H2,1-3H3. The van der Waals surface area contributed by atoms with Crippen molar-refractivity contribution in [1.29, 1.82) is 0 Å². The topological polar surface area (TPSA) is 92.0 Å². The fraction of sp³-hybridized carbons (Fsp3) is 0.241. The Morgan fingerprint density at radius 3 is 2.56 bits per heavy atom. The molecule has 0 spiro atoms. The van der Waals surface area contributed by atoms with Crippen LogP contribution in [-0.4, -0.2) is 41.2 Å². The molecule has 0 N–H and O–H groups in total. The van der Waals surface area contributed by atoms with Gasteiger partial charge in [-0.25, -0.2) is 9.78 Å². The normalized spacial score (nSPS) is 11.8. The van der Waals surface area contributed by atoms with E-state index >= 15 is 0 Å². The molecular weight excluding hydrogens is 563 g/mol. The van der Waals surface area contributed by atoms with Gasteiger partial charge in [0.2, 0.25) is 0 Å². The van der Waals surface area contributed by atoms with E-state index in [0.29, 0.717) is 11.1 Å². The predicted molar refractivity (Wildman–Crippen MR) is 149 cm³/mol. The van der Waals surface area contributed by atoms with Crippen molar-refractivity contribution in [2.45, 2.75) is 33.1 Å². The van der Waals surface area contributed by atoms with Gasteiger partial charge < -0.3 is 14.2 Å². The molecule has 4 rings (SSSR count). The maximum absolute atomic E-state index is 13.4. The number of carbonyl (C=O) groups excluding carboxylic acids is 1. The summed E-state index contributed by atoms with van der Waals surface area (Å²) in [6, 6.07) is 13.9. The van der Waals surface area contributed by atoms with E-state index in [1.165, 1.54) is 30.5 Å². The van der Waals surface area contributed by atoms with Gasteiger partial charge in [0, 0.05) is 5.56 Å². The first-order valence-electron chi connectivity index (χ1n) is 12.5. The number of halogens is 4. The van der Waals surface area contributed by atoms with Crippen LogP contribution in [0.25, 0.3) is 22.3 Å². The van der Waals surface area contributed by atoms with Crippen molar-refractivity contribution < 1.29 is 32.2 Å². The Morgan fingerprint density at radius 1 is 1.10 bits per heavy atom. The fourth-order valence-electron chi connectivity index (χ4n) is 3.87. The number of esters is 1. The zero-order valence-corrected chi connectivity index (χ0v) is 23.0. The van der Waals surface area contributed by atoms with Crippen LogP contribution in [0.5, 0.6) is 11.5 Å². The Kier molecular flexibility index (Phi) is 8.97. The molecule has 4 aromatic rings. The van der Waals surface area contributed by atoms with Crippen LogP contribution in [-0.2, 0) is 15.7 Å². The van der Waals surface area contributed by atoms with E-state index in [1.807, 2.05) is 0 Å². The summed E-state index contributed by atoms with van der Waals surface area (Å²) in [6.45, 7) is 5.01. The van der Waals surface area contributed by atoms with Crippen LogP contribution in [0.3, 0.4) is 0 Å². The number of benzene rings is 3. The van der Waals surface area contributed by atoms with Crippen molar-refractivity contribution in [3.8, 4) is 22.9 Å². The van der Waals surface area contributed by atoms with Gasteiger partial charge in [0.15, 0.2) is 23.9 Å². The summed E-state index contributed by atoms with van der Waals surface area (Å²) in [7, 11) is 0. The van der Waals surface area contributed by atoms with Gasteiger partial charge in [-0.2, -0.15) is 22.9 Å². The van der Waals surface area contributed by atoms with Gasteiger partial charge in [0.05, 0.1) is 40.4 Å². The summed E-state index contributed by atoms with van der Waals surface area (Å²) < 4.78 is 57.5. The Balaban J connectivity index is 1.78. The van der Waals surface area contributed by atoms with E-state index in [4.69, 9.17) is 25.8 Å². The van der Waals surface area contributed by atoms with Crippen LogP contribution in [0.1, 0.15) is 31.9 Å². The Morgan fingerprint density at radius 2 is 1.85 bits per heavy atom. The molecule has 41 heavy (non-hydrogen) atoms. The molecule has 0 saturated carbocycles. The van der Waals surface area contributed by atoms with E-state index in [-0.39, 0.29) is 46.0 Å². The molecule has 3 aromatic carbocycles. The number of hydrogen-bond donors (Lipinski definition) is 0. The lowest BCUT2D eigenvalue weighted by Crippen LogP contribution is -2.20. The van der Waals surface area contributed by atoms with Crippen LogP contribution >= 0.6 is 11.6 Å². The molecule has 1 heterocycles. The number of rotatable bonds is 9. The lowest BCUT2D eigenvalue weighted by atomic mass is 10.1. The van der Waals surface area contributed by atoms with Crippen LogP contribution in [0, 0.1) is 0 Å². The summed E-state index contributed by atoms with van der Waals surface area (Å²) in [6.07, 6.45) is -3.62. The van der Waals surface area contributed by atoms with E-state index in [2.05, 4.69) is 10.1 Å². The Bertz CT molecular complexity index is 1670. The van der Waals surface area contributed by atoms with Gasteiger partial charge >= 0.3 is 12.1 Å². The number of alkyl halides is 3. The third-order valence-corrected chi connectivity index (χ3v) is 5.84. The molecule has 0 amide bonds. The van der Waals surface area contributed by atoms with Gasteiger partial charge in [-0.15, -0.1) is 0 Å². The minimum absolute atomic E-state index is 0.0462. The third kappa shape index (κ3) is 7.04. The van der Waals surface area contributed by atoms with Crippen molar-refractivity contribution in [3.05, 3.63) is 87.2 Å². The van der Waals surface area contributed by atoms with Crippen LogP contribution in [0.15, 0.2) is 70.6 Å². The van der Waals surface area contributed by atoms with Crippen LogP contribution < -0.4 is 15.0 Å². The maximum Gasteiger partial charge on any atom is 0.416 e. The highest BCUT2D eigenvalue weighted by Crippen LogP contribution is 2.36. The second kappa shape index (κ2) is 12.4. The number of fused-ring (bicyclic) bond motifs is 1. The largest absolute Gasteiger partial charge is 0.490 e. The Labute approximate surface area is 237 Å². The van der Waals surface area contributed by atoms with Crippen LogP contribution in [0.4, 0.5) is 13.2 Å². The number of hydrogen-bond acceptors (Lipinski definition) is 7. The van der Waals surface area contributed by atoms with E-state index in [9.17, 15) is 22.8 Å². The van der Waals surface area contributed by atoms with Gasteiger partial charge in [-0.3, -0.25) is 4.79 Å². The Hall–Kier alpha value is -4.38. The van der Waals surface area contributed by atoms with Crippen molar-refractivity contribution in [2.24, 2.45) is 5.10 Å². The number of carbonyl (C=O) groups is 1. The number of aromatic nitrogens is 2. The molecule has 0 saturated heterocycles. The van der Waals surface area contributed by atoms with E-state index in [1.54, 1.807) is 45.0 Å². The number of nitrogens with zero attached hydrogens (tertiary/aromatic N) is 3. The summed E-state index contributed by atoms with van der Waals surface area (Å²) in [4.78, 5) is 29.8. The lowest BCUT2D eigenvalue weighted by Gasteiger charge is -2.15. The maximum atomic E-state index is 13.4. The molecule has 0 bridgehead atoms. The molecule has 0 unspecified atom stereocenters. The highest BCUT2D eigenvalue weighted by Gasteiger charge is 2.31. The monoisotopic (exact) mass is 587 g/mol. The smallest absolute Gasteiger partial charge is 0.416 e. The first kappa shape index (κ1) is 29.6. The highest BCUT2D eigenvalue weighted by molar-refractivity contribution is 6.32. The summed E-state index contributed by atoms with van der Waals surface area (Å²) in [5.74, 6) is -0.355. The second-order valence-electron chi connectivity index (χ2n) is 8.98. The zero-order chi connectivity index (χ0) is 29.7. The summed E-state index contributed by atoms with van der Waals surface area (Å²) in [5, 5.41) is 4.60. The molecule has 12 heteroatoms. The first-order chi connectivity index (χ1) is 19.5. The molecule has 0 aliphatic carbocycles. The predicted octanol–water partition coefficient (Wildman–Crippen LogP) is 6.35. The van der Waals surface area contributed by atoms with E-state index < -0.39 is 29.9 Å². The SMILES string of the molecule is CCOc1cc(C=Nn2c(-c3cccc(C(F)(F)F)c3)nc3ccccc3c2=O)cc(Cl)c1OCC(=O)OC(C)C. The molecule has 0 atom stereocenters. The lowest BCUT2D eigenvalue weighted by molar-refractivity contribution is -0.149. The van der Waals surface area contributed by atoms with Gasteiger partial charge in [-0.05, 0) is 62.7 Å². The average molecular weight is 588 g/mol. The van der Waals surface area contributed by atoms with Gasteiger partial charge in [0.1, 0.15) is 0 Å². The first-order valence-corrected chi connectivity index (χ1v) is 12.9. The molecular formula is C29H25ClF3N3O5. The molecule has 8 nitrogen and oxygen atoms in total. The molecule has 0 aliphatic heterocycles. The zero-order valence-electron chi connectivity index (χ0n) is 22.2. The fourth-order valence-corrected chi connectivity index (χ4v) is 4.14. The van der Waals surface area contributed by atoms with Crippen molar-refractivity contribution >= 4 is 34.7 Å². The molecule has 214 valence electrons. The number of ether oxygens (including phenoxy) is 3. The molecule has 1 aromatic heterocycles. The molecule has 0 radical (unpaired) electrons. The van der Waals surface area contributed by atoms with Gasteiger partial charge in [0.25, 0.3) is 5.56 Å². The summed E-state index contributed by atoms with van der Waals surface area (Å²) >= 11 is 6.43. The van der Waals surface area contributed by atoms with Crippen molar-refractivity contribution in [1.82, 2.24) is 9.66 Å². The van der Waals surface area contributed by atoms with Crippen molar-refractivity contribution in [3.63, 3.8) is 0 Å². The number of para-hydroxylation sites is 1. The van der Waals surface area contributed by atoms with E-state index in [0.717, 1.165) is 16.8 Å². The minimum atomic E-state index is -4.59. The highest BCUT2D eigenvalue weighted by atomic mass is 35.5. The summed E-state index contributed by atoms with van der Waals surface area (Å²) in [5.41, 5.74) is -0.751. The third-order valence-electron chi connectivity index (χ3n) is 5.56. The molecule has 0 fully saturated rings. The van der Waals surface area contributed by atoms with Crippen molar-refractivity contribution in [2.75, 3.05) is 13.2 Å². The second-order valence-corrected chi connectivity index (χ2v) is 9.39. The van der Waals surface area contributed by atoms with Crippen LogP contribution in [0.2, 0.25) is 5.02 Å².